The molecule has 0 saturated heterocycles. The molecule has 224 valence electrons. The molecule has 46 heavy (non-hydrogen) atoms. The van der Waals surface area contributed by atoms with Gasteiger partial charge in [-0.1, -0.05) is 120 Å². The molecule has 0 aliphatic rings. The lowest BCUT2D eigenvalue weighted by atomic mass is 9.83. The van der Waals surface area contributed by atoms with Crippen molar-refractivity contribution in [1.29, 1.82) is 0 Å². The Morgan fingerprint density at radius 3 is 1.96 bits per heavy atom. The van der Waals surface area contributed by atoms with E-state index in [0.29, 0.717) is 0 Å². The number of aromatic nitrogens is 4. The van der Waals surface area contributed by atoms with Gasteiger partial charge < -0.3 is 0 Å². The molecule has 8 rings (SSSR count). The van der Waals surface area contributed by atoms with E-state index in [1.807, 2.05) is 24.5 Å². The molecule has 0 aliphatic heterocycles. The van der Waals surface area contributed by atoms with Gasteiger partial charge in [-0.3, -0.25) is 9.97 Å². The summed E-state index contributed by atoms with van der Waals surface area (Å²) in [5, 5.41) is 6.78. The Balaban J connectivity index is 1.47. The van der Waals surface area contributed by atoms with E-state index in [9.17, 15) is 0 Å². The van der Waals surface area contributed by atoms with Crippen molar-refractivity contribution in [2.24, 2.45) is 0 Å². The van der Waals surface area contributed by atoms with Crippen molar-refractivity contribution in [2.45, 2.75) is 52.4 Å². The second-order valence-corrected chi connectivity index (χ2v) is 14.4. The van der Waals surface area contributed by atoms with Gasteiger partial charge in [-0.2, -0.15) is 0 Å². The van der Waals surface area contributed by atoms with Gasteiger partial charge in [0, 0.05) is 50.5 Å². The van der Waals surface area contributed by atoms with Gasteiger partial charge in [0.1, 0.15) is 0 Å². The third kappa shape index (κ3) is 4.43. The van der Waals surface area contributed by atoms with Crippen molar-refractivity contribution < 1.29 is 0 Å². The van der Waals surface area contributed by atoms with Crippen LogP contribution in [0.5, 0.6) is 0 Å². The number of pyridine rings is 2. The molecule has 0 atom stereocenters. The van der Waals surface area contributed by atoms with E-state index in [4.69, 9.17) is 19.9 Å². The Morgan fingerprint density at radius 1 is 0.500 bits per heavy atom. The minimum atomic E-state index is -0.189. The van der Waals surface area contributed by atoms with Crippen LogP contribution in [0.1, 0.15) is 52.8 Å². The molecular weight excluding hydrogens is 560 g/mol. The third-order valence-corrected chi connectivity index (χ3v) is 9.08. The van der Waals surface area contributed by atoms with Crippen LogP contribution in [-0.4, -0.2) is 19.9 Å². The van der Waals surface area contributed by atoms with E-state index in [2.05, 4.69) is 126 Å². The van der Waals surface area contributed by atoms with Crippen LogP contribution in [0.25, 0.3) is 76.8 Å². The summed E-state index contributed by atoms with van der Waals surface area (Å²) in [5.41, 5.74) is 9.99. The smallest absolute Gasteiger partial charge is 0.0979 e. The molecule has 3 aromatic heterocycles. The molecule has 0 N–H and O–H groups in total. The van der Waals surface area contributed by atoms with Gasteiger partial charge >= 0.3 is 0 Å². The SMILES string of the molecule is CC(C)(C)c1nc2c3ccccc3c3c(-c4cnc5c(c4)cc(C(C)(C)C)c4cccnc45)cccc3c2nc1-c1ccccc1. The Labute approximate surface area is 269 Å². The number of rotatable bonds is 2. The van der Waals surface area contributed by atoms with Crippen molar-refractivity contribution in [3.8, 4) is 22.4 Å². The average Bonchev–Trinajstić information content (AvgIpc) is 3.06. The second kappa shape index (κ2) is 10.1. The third-order valence-electron chi connectivity index (χ3n) is 9.08. The first-order valence-corrected chi connectivity index (χ1v) is 16.0. The van der Waals surface area contributed by atoms with Gasteiger partial charge in [0.2, 0.25) is 0 Å². The highest BCUT2D eigenvalue weighted by molar-refractivity contribution is 6.27. The normalized spacial score (nSPS) is 12.6. The molecule has 0 unspecified atom stereocenters. The topological polar surface area (TPSA) is 51.6 Å². The lowest BCUT2D eigenvalue weighted by molar-refractivity contribution is 0.571. The Bertz CT molecular complexity index is 2480. The number of fused-ring (bicyclic) bond motifs is 9. The van der Waals surface area contributed by atoms with E-state index >= 15 is 0 Å². The summed E-state index contributed by atoms with van der Waals surface area (Å²) in [7, 11) is 0. The van der Waals surface area contributed by atoms with Crippen LogP contribution in [0.4, 0.5) is 0 Å². The first-order valence-electron chi connectivity index (χ1n) is 16.0. The minimum absolute atomic E-state index is 0.0406. The summed E-state index contributed by atoms with van der Waals surface area (Å²) < 4.78 is 0. The average molecular weight is 597 g/mol. The maximum atomic E-state index is 5.46. The standard InChI is InChI=1S/C42H36N4/c1-41(2,3)33-23-26-22-27(24-44-35(26)37-31(33)20-13-21-43-37)28-18-12-19-32-34(28)29-16-10-11-17-30(29)38-39(32)45-36(25-14-8-7-9-15-25)40(46-38)42(4,5)6/h7-24H,1-6H3. The van der Waals surface area contributed by atoms with Gasteiger partial charge in [-0.15, -0.1) is 0 Å². The van der Waals surface area contributed by atoms with Crippen LogP contribution >= 0.6 is 0 Å². The molecule has 8 aromatic rings. The molecule has 0 saturated carbocycles. The highest BCUT2D eigenvalue weighted by Gasteiger charge is 2.25. The summed E-state index contributed by atoms with van der Waals surface area (Å²) in [5.74, 6) is 0. The van der Waals surface area contributed by atoms with Crippen molar-refractivity contribution in [1.82, 2.24) is 19.9 Å². The second-order valence-electron chi connectivity index (χ2n) is 14.4. The van der Waals surface area contributed by atoms with E-state index in [1.165, 1.54) is 10.9 Å². The first-order chi connectivity index (χ1) is 22.1. The predicted octanol–water partition coefficient (Wildman–Crippen LogP) is 11.0. The molecule has 0 bridgehead atoms. The molecule has 3 heterocycles. The van der Waals surface area contributed by atoms with Crippen LogP contribution in [-0.2, 0) is 10.8 Å². The van der Waals surface area contributed by atoms with E-state index in [0.717, 1.165) is 77.1 Å². The molecule has 4 nitrogen and oxygen atoms in total. The Hall–Kier alpha value is -5.22. The van der Waals surface area contributed by atoms with Crippen molar-refractivity contribution in [3.63, 3.8) is 0 Å². The fourth-order valence-electron chi connectivity index (χ4n) is 6.92. The molecule has 0 aliphatic carbocycles. The predicted molar refractivity (Wildman–Crippen MR) is 193 cm³/mol. The lowest BCUT2D eigenvalue weighted by Crippen LogP contribution is -2.16. The minimum Gasteiger partial charge on any atom is -0.254 e. The molecule has 0 radical (unpaired) electrons. The van der Waals surface area contributed by atoms with Crippen LogP contribution < -0.4 is 0 Å². The summed E-state index contributed by atoms with van der Waals surface area (Å²) >= 11 is 0. The maximum absolute atomic E-state index is 5.46. The quantitative estimate of drug-likeness (QED) is 0.186. The molecule has 4 heteroatoms. The van der Waals surface area contributed by atoms with E-state index < -0.39 is 0 Å². The van der Waals surface area contributed by atoms with Crippen LogP contribution in [0, 0.1) is 0 Å². The molecule has 0 fully saturated rings. The highest BCUT2D eigenvalue weighted by Crippen LogP contribution is 2.42. The van der Waals surface area contributed by atoms with Gasteiger partial charge in [0.25, 0.3) is 0 Å². The highest BCUT2D eigenvalue weighted by atomic mass is 14.8. The zero-order valence-corrected chi connectivity index (χ0v) is 27.2. The number of nitrogens with zero attached hydrogens (tertiary/aromatic N) is 4. The van der Waals surface area contributed by atoms with Gasteiger partial charge in [0.15, 0.2) is 0 Å². The number of hydrogen-bond acceptors (Lipinski definition) is 4. The summed E-state index contributed by atoms with van der Waals surface area (Å²) in [6.45, 7) is 13.4. The zero-order chi connectivity index (χ0) is 31.8. The van der Waals surface area contributed by atoms with Crippen LogP contribution in [0.15, 0.2) is 109 Å². The van der Waals surface area contributed by atoms with Gasteiger partial charge in [-0.05, 0) is 45.5 Å². The van der Waals surface area contributed by atoms with Gasteiger partial charge in [0.05, 0.1) is 33.5 Å². The Morgan fingerprint density at radius 2 is 1.20 bits per heavy atom. The van der Waals surface area contributed by atoms with E-state index in [-0.39, 0.29) is 10.8 Å². The zero-order valence-electron chi connectivity index (χ0n) is 27.2. The molecule has 0 amide bonds. The number of benzene rings is 5. The summed E-state index contributed by atoms with van der Waals surface area (Å²) in [4.78, 5) is 20.7. The van der Waals surface area contributed by atoms with Crippen molar-refractivity contribution in [3.05, 3.63) is 121 Å². The van der Waals surface area contributed by atoms with Crippen molar-refractivity contribution >= 4 is 54.4 Å². The maximum Gasteiger partial charge on any atom is 0.0979 e. The van der Waals surface area contributed by atoms with Crippen molar-refractivity contribution in [2.75, 3.05) is 0 Å². The monoisotopic (exact) mass is 596 g/mol. The van der Waals surface area contributed by atoms with Crippen LogP contribution in [0.3, 0.4) is 0 Å². The Kier molecular flexibility index (Phi) is 6.24. The van der Waals surface area contributed by atoms with Crippen LogP contribution in [0.2, 0.25) is 0 Å². The van der Waals surface area contributed by atoms with Gasteiger partial charge in [-0.25, -0.2) is 9.97 Å². The first kappa shape index (κ1) is 28.3. The fraction of sp³-hybridized carbons (Fsp3) is 0.190. The summed E-state index contributed by atoms with van der Waals surface area (Å²) in [6.07, 6.45) is 3.87. The number of hydrogen-bond donors (Lipinski definition) is 0. The molecule has 5 aromatic carbocycles. The summed E-state index contributed by atoms with van der Waals surface area (Å²) in [6, 6.07) is 34.4. The van der Waals surface area contributed by atoms with E-state index in [1.54, 1.807) is 0 Å². The molecular formula is C42H36N4. The fourth-order valence-corrected chi connectivity index (χ4v) is 6.92. The largest absolute Gasteiger partial charge is 0.254 e. The lowest BCUT2D eigenvalue weighted by Gasteiger charge is -2.23. The molecule has 0 spiro atoms.